The molecule has 0 saturated carbocycles. The molecule has 2 aromatic rings. The Hall–Kier alpha value is -4.66. The number of carbonyl (C=O) groups excluding carboxylic acids is 4. The van der Waals surface area contributed by atoms with E-state index in [1.807, 2.05) is 60.7 Å². The highest BCUT2D eigenvalue weighted by molar-refractivity contribution is 6.18. The van der Waals surface area contributed by atoms with E-state index in [0.717, 1.165) is 32.5 Å². The first-order chi connectivity index (χ1) is 17.9. The summed E-state index contributed by atoms with van der Waals surface area (Å²) in [5, 5.41) is 0. The van der Waals surface area contributed by atoms with E-state index in [-0.39, 0.29) is 23.4 Å². The molecule has 4 rings (SSSR count). The van der Waals surface area contributed by atoms with E-state index >= 15 is 0 Å². The molecule has 0 aromatic heterocycles. The lowest BCUT2D eigenvalue weighted by atomic mass is 9.88. The lowest BCUT2D eigenvalue weighted by Crippen LogP contribution is -2.37. The maximum absolute atomic E-state index is 13.5. The Morgan fingerprint density at radius 3 is 1.95 bits per heavy atom. The maximum Gasteiger partial charge on any atom is 0.340 e. The predicted octanol–water partition coefficient (Wildman–Crippen LogP) is 2.92. The zero-order valence-electron chi connectivity index (χ0n) is 20.8. The zero-order chi connectivity index (χ0) is 26.7. The highest BCUT2D eigenvalue weighted by Gasteiger charge is 2.46. The predicted molar refractivity (Wildman–Crippen MR) is 134 cm³/mol. The van der Waals surface area contributed by atoms with Gasteiger partial charge in [0.2, 0.25) is 0 Å². The number of hydrogen-bond donors (Lipinski definition) is 0. The molecular formula is C28H25NO8. The molecular weight excluding hydrogens is 478 g/mol. The molecule has 2 aliphatic rings. The summed E-state index contributed by atoms with van der Waals surface area (Å²) in [4.78, 5) is 54.7. The van der Waals surface area contributed by atoms with Crippen LogP contribution in [0.25, 0.3) is 11.6 Å². The van der Waals surface area contributed by atoms with Crippen LogP contribution in [0, 0.1) is 5.92 Å². The topological polar surface area (TPSA) is 108 Å². The van der Waals surface area contributed by atoms with Crippen molar-refractivity contribution in [2.45, 2.75) is 0 Å². The van der Waals surface area contributed by atoms with Gasteiger partial charge in [0.05, 0.1) is 50.9 Å². The molecule has 9 nitrogen and oxygen atoms in total. The van der Waals surface area contributed by atoms with Gasteiger partial charge in [0.1, 0.15) is 5.92 Å². The largest absolute Gasteiger partial charge is 0.468 e. The fraction of sp³-hybridized carbons (Fsp3) is 0.214. The van der Waals surface area contributed by atoms with Crippen molar-refractivity contribution in [3.8, 4) is 0 Å². The third-order valence-corrected chi connectivity index (χ3v) is 6.28. The van der Waals surface area contributed by atoms with Gasteiger partial charge >= 0.3 is 23.9 Å². The minimum atomic E-state index is -1.30. The third-order valence-electron chi connectivity index (χ3n) is 6.28. The normalized spacial score (nSPS) is 16.6. The first-order valence-corrected chi connectivity index (χ1v) is 11.3. The average Bonchev–Trinajstić information content (AvgIpc) is 3.11. The molecule has 0 bridgehead atoms. The van der Waals surface area contributed by atoms with Gasteiger partial charge in [0.25, 0.3) is 0 Å². The highest BCUT2D eigenvalue weighted by Crippen LogP contribution is 2.46. The van der Waals surface area contributed by atoms with Gasteiger partial charge in [0, 0.05) is 17.8 Å². The van der Waals surface area contributed by atoms with Crippen molar-refractivity contribution in [2.24, 2.45) is 5.92 Å². The van der Waals surface area contributed by atoms with E-state index in [1.165, 1.54) is 7.11 Å². The fourth-order valence-corrected chi connectivity index (χ4v) is 4.65. The molecule has 0 radical (unpaired) electrons. The number of benzene rings is 2. The van der Waals surface area contributed by atoms with Crippen LogP contribution in [-0.2, 0) is 38.1 Å². The lowest BCUT2D eigenvalue weighted by Gasteiger charge is -2.35. The summed E-state index contributed by atoms with van der Waals surface area (Å²) >= 11 is 0. The van der Waals surface area contributed by atoms with Crippen molar-refractivity contribution in [3.63, 3.8) is 0 Å². The number of allylic oxidation sites excluding steroid dienone is 1. The Kier molecular flexibility index (Phi) is 7.24. The standard InChI is InChI=1S/C28H25NO8/c1-34-25(30)19-15-29-20-13-9-8-12-17(20)14-18(16-10-6-5-7-11-16)24(29)23(28(33)37-4)22(27(32)36-3)21(19)26(31)35-2/h5-14,19H,15H2,1-4H3. The SMILES string of the molecule is COC(=O)C1=C(C(=O)OC)C(C(=O)OC)CN2C(=C1C(=O)OC)C(c1ccccc1)=Cc1ccccc12. The van der Waals surface area contributed by atoms with Gasteiger partial charge in [-0.15, -0.1) is 0 Å². The average molecular weight is 504 g/mol. The van der Waals surface area contributed by atoms with Crippen LogP contribution in [0.15, 0.2) is 77.0 Å². The van der Waals surface area contributed by atoms with Gasteiger partial charge in [0.15, 0.2) is 0 Å². The number of rotatable bonds is 5. The molecule has 2 heterocycles. The van der Waals surface area contributed by atoms with Crippen LogP contribution in [-0.4, -0.2) is 58.9 Å². The molecule has 2 aliphatic heterocycles. The quantitative estimate of drug-likeness (QED) is 0.449. The van der Waals surface area contributed by atoms with Gasteiger partial charge in [-0.1, -0.05) is 48.5 Å². The highest BCUT2D eigenvalue weighted by atomic mass is 16.5. The Bertz CT molecular complexity index is 1370. The molecule has 0 fully saturated rings. The molecule has 0 N–H and O–H groups in total. The number of methoxy groups -OCH3 is 4. The van der Waals surface area contributed by atoms with Gasteiger partial charge in [-0.05, 0) is 23.3 Å². The number of esters is 4. The van der Waals surface area contributed by atoms with Crippen molar-refractivity contribution in [2.75, 3.05) is 39.9 Å². The molecule has 1 atom stereocenters. The van der Waals surface area contributed by atoms with Crippen molar-refractivity contribution in [1.29, 1.82) is 0 Å². The Morgan fingerprint density at radius 2 is 1.32 bits per heavy atom. The molecule has 2 aromatic carbocycles. The molecule has 9 heteroatoms. The Labute approximate surface area is 213 Å². The van der Waals surface area contributed by atoms with E-state index < -0.39 is 35.4 Å². The van der Waals surface area contributed by atoms with Crippen LogP contribution < -0.4 is 4.90 Å². The minimum absolute atomic E-state index is 0.130. The fourth-order valence-electron chi connectivity index (χ4n) is 4.65. The molecule has 1 unspecified atom stereocenters. The van der Waals surface area contributed by atoms with Gasteiger partial charge in [-0.25, -0.2) is 14.4 Å². The van der Waals surface area contributed by atoms with E-state index in [2.05, 4.69) is 0 Å². The zero-order valence-corrected chi connectivity index (χ0v) is 20.8. The number of hydrogen-bond acceptors (Lipinski definition) is 9. The van der Waals surface area contributed by atoms with Gasteiger partial charge < -0.3 is 23.8 Å². The van der Waals surface area contributed by atoms with Crippen molar-refractivity contribution >= 4 is 41.2 Å². The maximum atomic E-state index is 13.5. The number of nitrogens with zero attached hydrogens (tertiary/aromatic N) is 1. The van der Waals surface area contributed by atoms with E-state index in [4.69, 9.17) is 18.9 Å². The lowest BCUT2D eigenvalue weighted by molar-refractivity contribution is -0.147. The number of fused-ring (bicyclic) bond motifs is 3. The second-order valence-electron chi connectivity index (χ2n) is 8.16. The van der Waals surface area contributed by atoms with Crippen molar-refractivity contribution in [3.05, 3.63) is 88.1 Å². The summed E-state index contributed by atoms with van der Waals surface area (Å²) in [6.45, 7) is -0.130. The molecule has 0 spiro atoms. The Balaban J connectivity index is 2.21. The van der Waals surface area contributed by atoms with E-state index in [9.17, 15) is 19.2 Å². The van der Waals surface area contributed by atoms with Gasteiger partial charge in [-0.3, -0.25) is 4.79 Å². The number of para-hydroxylation sites is 1. The van der Waals surface area contributed by atoms with Crippen LogP contribution in [0.4, 0.5) is 5.69 Å². The Morgan fingerprint density at radius 1 is 0.730 bits per heavy atom. The van der Waals surface area contributed by atoms with Crippen LogP contribution in [0.1, 0.15) is 11.1 Å². The summed E-state index contributed by atoms with van der Waals surface area (Å²) in [5.74, 6) is -4.97. The monoisotopic (exact) mass is 503 g/mol. The molecule has 37 heavy (non-hydrogen) atoms. The number of carbonyl (C=O) groups is 4. The summed E-state index contributed by atoms with van der Waals surface area (Å²) < 4.78 is 20.1. The molecule has 190 valence electrons. The van der Waals surface area contributed by atoms with Crippen molar-refractivity contribution < 1.29 is 38.1 Å². The third kappa shape index (κ3) is 4.40. The first kappa shape index (κ1) is 25.4. The smallest absolute Gasteiger partial charge is 0.340 e. The van der Waals surface area contributed by atoms with Crippen LogP contribution in [0.5, 0.6) is 0 Å². The molecule has 0 aliphatic carbocycles. The van der Waals surface area contributed by atoms with E-state index in [1.54, 1.807) is 4.90 Å². The second-order valence-corrected chi connectivity index (χ2v) is 8.16. The van der Waals surface area contributed by atoms with Crippen LogP contribution >= 0.6 is 0 Å². The van der Waals surface area contributed by atoms with E-state index in [0.29, 0.717) is 11.3 Å². The molecule has 0 saturated heterocycles. The second kappa shape index (κ2) is 10.5. The van der Waals surface area contributed by atoms with Crippen LogP contribution in [0.3, 0.4) is 0 Å². The number of anilines is 1. The van der Waals surface area contributed by atoms with Crippen molar-refractivity contribution in [1.82, 2.24) is 0 Å². The molecule has 0 amide bonds. The summed E-state index contributed by atoms with van der Waals surface area (Å²) in [6.07, 6.45) is 1.88. The first-order valence-electron chi connectivity index (χ1n) is 11.3. The summed E-state index contributed by atoms with van der Waals surface area (Å²) in [5.41, 5.74) is 2.05. The van der Waals surface area contributed by atoms with Gasteiger partial charge in [-0.2, -0.15) is 0 Å². The number of ether oxygens (including phenoxy) is 4. The van der Waals surface area contributed by atoms with Crippen LogP contribution in [0.2, 0.25) is 0 Å². The summed E-state index contributed by atoms with van der Waals surface area (Å²) in [7, 11) is 4.57. The minimum Gasteiger partial charge on any atom is -0.468 e. The summed E-state index contributed by atoms with van der Waals surface area (Å²) in [6, 6.07) is 16.6.